The van der Waals surface area contributed by atoms with Crippen LogP contribution in [0.4, 0.5) is 0 Å². The highest BCUT2D eigenvalue weighted by molar-refractivity contribution is 5.81. The fraction of sp³-hybridized carbons (Fsp3) is 0.333. The zero-order chi connectivity index (χ0) is 18.6. The first-order chi connectivity index (χ1) is 12.6. The zero-order valence-corrected chi connectivity index (χ0v) is 15.4. The highest BCUT2D eigenvalue weighted by Gasteiger charge is 2.30. The third kappa shape index (κ3) is 3.41. The number of benzene rings is 2. The second-order valence-electron chi connectivity index (χ2n) is 6.26. The molecule has 138 valence electrons. The summed E-state index contributed by atoms with van der Waals surface area (Å²) in [6.45, 7) is 0. The summed E-state index contributed by atoms with van der Waals surface area (Å²) in [6.07, 6.45) is 3.70. The molecule has 0 aliphatic carbocycles. The Hall–Kier alpha value is -2.50. The molecule has 0 saturated heterocycles. The van der Waals surface area contributed by atoms with Crippen molar-refractivity contribution in [2.24, 2.45) is 0 Å². The summed E-state index contributed by atoms with van der Waals surface area (Å²) in [5, 5.41) is 15.2. The quantitative estimate of drug-likeness (QED) is 0.601. The second kappa shape index (κ2) is 7.81. The summed E-state index contributed by atoms with van der Waals surface area (Å²) in [7, 11) is 5.03. The van der Waals surface area contributed by atoms with Crippen LogP contribution in [0.25, 0.3) is 11.0 Å². The maximum Gasteiger partial charge on any atom is 0.163 e. The van der Waals surface area contributed by atoms with Gasteiger partial charge >= 0.3 is 0 Å². The van der Waals surface area contributed by atoms with Crippen molar-refractivity contribution in [2.45, 2.75) is 25.0 Å². The molecule has 1 heterocycles. The lowest BCUT2D eigenvalue weighted by Gasteiger charge is -2.28. The summed E-state index contributed by atoms with van der Waals surface area (Å²) in [5.41, 5.74) is 1.36. The number of furan rings is 1. The Bertz CT molecular complexity index is 873. The topological polar surface area (TPSA) is 63.9 Å². The molecular weight excluding hydrogens is 330 g/mol. The summed E-state index contributed by atoms with van der Waals surface area (Å²) >= 11 is 0. The van der Waals surface area contributed by atoms with Crippen molar-refractivity contribution in [1.29, 1.82) is 0 Å². The molecule has 0 bridgehead atoms. The molecule has 3 aromatic rings. The van der Waals surface area contributed by atoms with Crippen LogP contribution in [0, 0.1) is 0 Å². The van der Waals surface area contributed by atoms with Crippen molar-refractivity contribution >= 4 is 11.0 Å². The van der Waals surface area contributed by atoms with E-state index in [4.69, 9.17) is 13.9 Å². The number of aliphatic hydroxyl groups is 1. The lowest BCUT2D eigenvalue weighted by atomic mass is 9.94. The van der Waals surface area contributed by atoms with Gasteiger partial charge in [-0.2, -0.15) is 0 Å². The molecule has 5 heteroatoms. The van der Waals surface area contributed by atoms with Gasteiger partial charge in [0.05, 0.1) is 20.5 Å². The number of hydrogen-bond acceptors (Lipinski definition) is 5. The summed E-state index contributed by atoms with van der Waals surface area (Å²) < 4.78 is 16.4. The van der Waals surface area contributed by atoms with Gasteiger partial charge in [-0.1, -0.05) is 30.3 Å². The van der Waals surface area contributed by atoms with Crippen molar-refractivity contribution in [2.75, 3.05) is 21.3 Å². The molecule has 5 nitrogen and oxygen atoms in total. The second-order valence-corrected chi connectivity index (χ2v) is 6.26. The number of ether oxygens (including phenoxy) is 2. The predicted molar refractivity (Wildman–Crippen MR) is 102 cm³/mol. The summed E-state index contributed by atoms with van der Waals surface area (Å²) in [4.78, 5) is 0. The van der Waals surface area contributed by atoms with Gasteiger partial charge in [0, 0.05) is 10.9 Å². The number of nitrogens with one attached hydrogen (secondary N) is 1. The Morgan fingerprint density at radius 2 is 1.88 bits per heavy atom. The highest BCUT2D eigenvalue weighted by atomic mass is 16.5. The first-order valence-corrected chi connectivity index (χ1v) is 8.71. The SMILES string of the molecule is CNC(O)(CCCc1cccc(OC)c1OC)c1cccc2ccoc12. The maximum atomic E-state index is 11.2. The smallest absolute Gasteiger partial charge is 0.163 e. The molecular formula is C21H25NO4. The first-order valence-electron chi connectivity index (χ1n) is 8.71. The molecule has 0 aliphatic rings. The van der Waals surface area contributed by atoms with E-state index in [-0.39, 0.29) is 0 Å². The van der Waals surface area contributed by atoms with Crippen molar-refractivity contribution in [1.82, 2.24) is 5.32 Å². The Morgan fingerprint density at radius 1 is 1.08 bits per heavy atom. The van der Waals surface area contributed by atoms with Crippen LogP contribution in [0.1, 0.15) is 24.0 Å². The van der Waals surface area contributed by atoms with E-state index in [9.17, 15) is 5.11 Å². The number of para-hydroxylation sites is 2. The van der Waals surface area contributed by atoms with Crippen LogP contribution in [0.2, 0.25) is 0 Å². The molecule has 26 heavy (non-hydrogen) atoms. The zero-order valence-electron chi connectivity index (χ0n) is 15.4. The third-order valence-corrected chi connectivity index (χ3v) is 4.81. The molecule has 1 unspecified atom stereocenters. The molecule has 0 fully saturated rings. The molecule has 0 saturated carbocycles. The van der Waals surface area contributed by atoms with Crippen LogP contribution >= 0.6 is 0 Å². The predicted octanol–water partition coefficient (Wildman–Crippen LogP) is 3.84. The third-order valence-electron chi connectivity index (χ3n) is 4.81. The number of aryl methyl sites for hydroxylation is 1. The van der Waals surface area contributed by atoms with Gasteiger partial charge in [-0.3, -0.25) is 5.32 Å². The van der Waals surface area contributed by atoms with Crippen molar-refractivity contribution in [3.05, 3.63) is 59.9 Å². The standard InChI is InChI=1S/C21H25NO4/c1-22-21(23,17-10-4-7-16-12-14-26-19(16)17)13-6-9-15-8-5-11-18(24-2)20(15)25-3/h4-5,7-8,10-12,14,22-23H,6,9,13H2,1-3H3. The van der Waals surface area contributed by atoms with E-state index >= 15 is 0 Å². The fourth-order valence-electron chi connectivity index (χ4n) is 3.40. The molecule has 0 amide bonds. The Morgan fingerprint density at radius 3 is 2.62 bits per heavy atom. The largest absolute Gasteiger partial charge is 0.493 e. The van der Waals surface area contributed by atoms with E-state index in [0.29, 0.717) is 17.8 Å². The van der Waals surface area contributed by atoms with Crippen molar-refractivity contribution in [3.63, 3.8) is 0 Å². The number of methoxy groups -OCH3 is 2. The fourth-order valence-corrected chi connectivity index (χ4v) is 3.40. The molecule has 3 rings (SSSR count). The van der Waals surface area contributed by atoms with Crippen LogP contribution in [-0.2, 0) is 12.1 Å². The minimum atomic E-state index is -1.16. The average Bonchev–Trinajstić information content (AvgIpc) is 3.16. The van der Waals surface area contributed by atoms with Crippen molar-refractivity contribution in [3.8, 4) is 11.5 Å². The molecule has 2 aromatic carbocycles. The molecule has 0 spiro atoms. The van der Waals surface area contributed by atoms with E-state index < -0.39 is 5.72 Å². The number of fused-ring (bicyclic) bond motifs is 1. The highest BCUT2D eigenvalue weighted by Crippen LogP contribution is 2.34. The van der Waals surface area contributed by atoms with Crippen LogP contribution in [0.3, 0.4) is 0 Å². The molecule has 1 atom stereocenters. The average molecular weight is 355 g/mol. The number of hydrogen-bond donors (Lipinski definition) is 2. The molecule has 2 N–H and O–H groups in total. The monoisotopic (exact) mass is 355 g/mol. The normalized spacial score (nSPS) is 13.5. The van der Waals surface area contributed by atoms with E-state index in [1.54, 1.807) is 27.5 Å². The Kier molecular flexibility index (Phi) is 5.49. The van der Waals surface area contributed by atoms with Gasteiger partial charge in [0.15, 0.2) is 11.5 Å². The van der Waals surface area contributed by atoms with Gasteiger partial charge in [-0.15, -0.1) is 0 Å². The van der Waals surface area contributed by atoms with Crippen molar-refractivity contribution < 1.29 is 19.0 Å². The van der Waals surface area contributed by atoms with Crippen LogP contribution in [0.5, 0.6) is 11.5 Å². The van der Waals surface area contributed by atoms with E-state index in [0.717, 1.165) is 35.1 Å². The minimum Gasteiger partial charge on any atom is -0.493 e. The van der Waals surface area contributed by atoms with Gasteiger partial charge in [-0.05, 0) is 44.0 Å². The lowest BCUT2D eigenvalue weighted by Crippen LogP contribution is -2.40. The van der Waals surface area contributed by atoms with E-state index in [2.05, 4.69) is 5.32 Å². The van der Waals surface area contributed by atoms with Gasteiger partial charge < -0.3 is 19.0 Å². The van der Waals surface area contributed by atoms with Crippen LogP contribution in [0.15, 0.2) is 53.1 Å². The van der Waals surface area contributed by atoms with Crippen LogP contribution in [-0.4, -0.2) is 26.4 Å². The van der Waals surface area contributed by atoms with E-state index in [1.807, 2.05) is 42.5 Å². The van der Waals surface area contributed by atoms with Gasteiger partial charge in [-0.25, -0.2) is 0 Å². The lowest BCUT2D eigenvalue weighted by molar-refractivity contribution is -0.00183. The number of rotatable bonds is 8. The minimum absolute atomic E-state index is 0.531. The van der Waals surface area contributed by atoms with Gasteiger partial charge in [0.25, 0.3) is 0 Å². The summed E-state index contributed by atoms with van der Waals surface area (Å²) in [5.74, 6) is 1.46. The molecule has 0 radical (unpaired) electrons. The molecule has 1 aromatic heterocycles. The van der Waals surface area contributed by atoms with Crippen LogP contribution < -0.4 is 14.8 Å². The molecule has 0 aliphatic heterocycles. The Balaban J connectivity index is 1.79. The summed E-state index contributed by atoms with van der Waals surface area (Å²) in [6, 6.07) is 13.5. The van der Waals surface area contributed by atoms with E-state index in [1.165, 1.54) is 0 Å². The first kappa shape index (κ1) is 18.3. The van der Waals surface area contributed by atoms with Gasteiger partial charge in [0.1, 0.15) is 11.3 Å². The van der Waals surface area contributed by atoms with Gasteiger partial charge in [0.2, 0.25) is 0 Å². The maximum absolute atomic E-state index is 11.2. The Labute approximate surface area is 153 Å².